The number of halogens is 2. The molecule has 116 valence electrons. The molecule has 2 aromatic rings. The molecule has 9 heteroatoms. The average molecular weight is 344 g/mol. The molecule has 0 saturated heterocycles. The molecule has 0 spiro atoms. The molecule has 2 rings (SSSR count). The lowest BCUT2D eigenvalue weighted by Gasteiger charge is -2.08. The molecule has 0 aliphatic rings. The quantitative estimate of drug-likeness (QED) is 0.626. The Labute approximate surface area is 135 Å². The summed E-state index contributed by atoms with van der Waals surface area (Å²) in [6, 6.07) is 4.58. The van der Waals surface area contributed by atoms with Crippen LogP contribution in [0.4, 0.5) is 5.69 Å². The summed E-state index contributed by atoms with van der Waals surface area (Å²) in [6.07, 6.45) is 0. The number of benzene rings is 1. The zero-order chi connectivity index (χ0) is 16.4. The molecule has 0 aliphatic heterocycles. The van der Waals surface area contributed by atoms with E-state index < -0.39 is 10.8 Å². The fourth-order valence-corrected chi connectivity index (χ4v) is 2.40. The van der Waals surface area contributed by atoms with Gasteiger partial charge in [0.15, 0.2) is 6.61 Å². The number of aromatic nitrogens is 2. The lowest BCUT2D eigenvalue weighted by molar-refractivity contribution is -0.386. The van der Waals surface area contributed by atoms with Crippen molar-refractivity contribution in [3.05, 3.63) is 49.7 Å². The molecule has 0 bridgehead atoms. The van der Waals surface area contributed by atoms with Crippen LogP contribution in [0.25, 0.3) is 0 Å². The van der Waals surface area contributed by atoms with Crippen molar-refractivity contribution in [2.24, 2.45) is 0 Å². The number of carbonyl (C=O) groups excluding carboxylic acids is 1. The van der Waals surface area contributed by atoms with Crippen molar-refractivity contribution in [2.75, 3.05) is 6.61 Å². The normalized spacial score (nSPS) is 10.5. The first-order chi connectivity index (χ1) is 10.3. The van der Waals surface area contributed by atoms with E-state index in [1.807, 2.05) is 0 Å². The van der Waals surface area contributed by atoms with Gasteiger partial charge in [-0.3, -0.25) is 14.9 Å². The maximum atomic E-state index is 12.1. The smallest absolute Gasteiger partial charge is 0.313 e. The molecular formula is C13H11Cl2N3O4. The van der Waals surface area contributed by atoms with Crippen LogP contribution in [-0.4, -0.2) is 27.2 Å². The third-order valence-electron chi connectivity index (χ3n) is 2.92. The summed E-state index contributed by atoms with van der Waals surface area (Å²) >= 11 is 11.7. The summed E-state index contributed by atoms with van der Waals surface area (Å²) in [5.41, 5.74) is 0.136. The summed E-state index contributed by atoms with van der Waals surface area (Å²) in [5, 5.41) is 15.5. The maximum Gasteiger partial charge on any atom is 0.313 e. The number of aryl methyl sites for hydroxylation is 1. The second-order valence-electron chi connectivity index (χ2n) is 4.45. The Morgan fingerprint density at radius 1 is 1.41 bits per heavy atom. The standard InChI is InChI=1S/C13H11Cl2N3O4/c1-7-13(18(20)21)8(2)17(16-7)12(19)6-22-11-4-3-9(14)5-10(11)15/h3-5H,6H2,1-2H3. The van der Waals surface area contributed by atoms with Crippen LogP contribution in [0, 0.1) is 24.0 Å². The van der Waals surface area contributed by atoms with Crippen molar-refractivity contribution in [3.63, 3.8) is 0 Å². The minimum Gasteiger partial charge on any atom is -0.482 e. The number of carbonyl (C=O) groups is 1. The van der Waals surface area contributed by atoms with Gasteiger partial charge in [0.25, 0.3) is 5.91 Å². The molecule has 0 aliphatic carbocycles. The van der Waals surface area contributed by atoms with Crippen LogP contribution < -0.4 is 4.74 Å². The lowest BCUT2D eigenvalue weighted by Crippen LogP contribution is -2.21. The predicted molar refractivity (Wildman–Crippen MR) is 80.9 cm³/mol. The van der Waals surface area contributed by atoms with E-state index in [1.165, 1.54) is 26.0 Å². The molecule has 1 aromatic carbocycles. The zero-order valence-corrected chi connectivity index (χ0v) is 13.2. The summed E-state index contributed by atoms with van der Waals surface area (Å²) in [4.78, 5) is 22.4. The molecule has 22 heavy (non-hydrogen) atoms. The van der Waals surface area contributed by atoms with E-state index in [-0.39, 0.29) is 34.5 Å². The zero-order valence-electron chi connectivity index (χ0n) is 11.7. The topological polar surface area (TPSA) is 87.3 Å². The van der Waals surface area contributed by atoms with Crippen molar-refractivity contribution in [3.8, 4) is 5.75 Å². The highest BCUT2D eigenvalue weighted by Crippen LogP contribution is 2.27. The average Bonchev–Trinajstić information content (AvgIpc) is 2.72. The van der Waals surface area contributed by atoms with Crippen LogP contribution in [-0.2, 0) is 0 Å². The molecule has 0 N–H and O–H groups in total. The molecule has 0 unspecified atom stereocenters. The van der Waals surface area contributed by atoms with Crippen LogP contribution >= 0.6 is 23.2 Å². The highest BCUT2D eigenvalue weighted by atomic mass is 35.5. The van der Waals surface area contributed by atoms with E-state index in [0.29, 0.717) is 5.02 Å². The summed E-state index contributed by atoms with van der Waals surface area (Å²) in [5.74, 6) is -0.254. The van der Waals surface area contributed by atoms with Gasteiger partial charge in [-0.2, -0.15) is 9.78 Å². The number of hydrogen-bond donors (Lipinski definition) is 0. The number of hydrogen-bond acceptors (Lipinski definition) is 5. The van der Waals surface area contributed by atoms with Crippen molar-refractivity contribution < 1.29 is 14.5 Å². The molecule has 0 amide bonds. The maximum absolute atomic E-state index is 12.1. The van der Waals surface area contributed by atoms with Gasteiger partial charge in [0.1, 0.15) is 17.1 Å². The third-order valence-corrected chi connectivity index (χ3v) is 3.45. The molecule has 7 nitrogen and oxygen atoms in total. The first kappa shape index (κ1) is 16.3. The van der Waals surface area contributed by atoms with E-state index in [2.05, 4.69) is 5.10 Å². The Balaban J connectivity index is 2.16. The Morgan fingerprint density at radius 3 is 2.64 bits per heavy atom. The van der Waals surface area contributed by atoms with Gasteiger partial charge in [-0.05, 0) is 32.0 Å². The Kier molecular flexibility index (Phi) is 4.68. The van der Waals surface area contributed by atoms with E-state index in [0.717, 1.165) is 4.68 Å². The van der Waals surface area contributed by atoms with Crippen LogP contribution in [0.1, 0.15) is 16.2 Å². The Bertz CT molecular complexity index is 758. The summed E-state index contributed by atoms with van der Waals surface area (Å²) < 4.78 is 6.26. The van der Waals surface area contributed by atoms with E-state index in [1.54, 1.807) is 6.07 Å². The fourth-order valence-electron chi connectivity index (χ4n) is 1.93. The highest BCUT2D eigenvalue weighted by molar-refractivity contribution is 6.35. The molecule has 1 aromatic heterocycles. The van der Waals surface area contributed by atoms with Crippen molar-refractivity contribution in [1.29, 1.82) is 0 Å². The monoisotopic (exact) mass is 343 g/mol. The minimum absolute atomic E-state index is 0.151. The molecule has 0 saturated carbocycles. The molecule has 0 atom stereocenters. The van der Waals surface area contributed by atoms with Gasteiger partial charge in [-0.15, -0.1) is 0 Å². The van der Waals surface area contributed by atoms with Gasteiger partial charge >= 0.3 is 5.69 Å². The van der Waals surface area contributed by atoms with Crippen LogP contribution in [0.3, 0.4) is 0 Å². The molecule has 0 radical (unpaired) electrons. The molecule has 1 heterocycles. The van der Waals surface area contributed by atoms with Gasteiger partial charge in [0, 0.05) is 5.02 Å². The fraction of sp³-hybridized carbons (Fsp3) is 0.231. The minimum atomic E-state index is -0.571. The van der Waals surface area contributed by atoms with E-state index >= 15 is 0 Å². The Morgan fingerprint density at radius 2 is 2.09 bits per heavy atom. The van der Waals surface area contributed by atoms with E-state index in [9.17, 15) is 14.9 Å². The number of nitro groups is 1. The van der Waals surface area contributed by atoms with Crippen molar-refractivity contribution >= 4 is 34.8 Å². The van der Waals surface area contributed by atoms with Gasteiger partial charge in [-0.1, -0.05) is 23.2 Å². The largest absolute Gasteiger partial charge is 0.482 e. The Hall–Kier alpha value is -2.12. The van der Waals surface area contributed by atoms with Gasteiger partial charge < -0.3 is 4.74 Å². The van der Waals surface area contributed by atoms with Crippen LogP contribution in [0.2, 0.25) is 10.0 Å². The number of rotatable bonds is 4. The summed E-state index contributed by atoms with van der Waals surface area (Å²) in [7, 11) is 0. The van der Waals surface area contributed by atoms with Crippen LogP contribution in [0.5, 0.6) is 5.75 Å². The second kappa shape index (κ2) is 6.33. The number of ether oxygens (including phenoxy) is 1. The van der Waals surface area contributed by atoms with Crippen LogP contribution in [0.15, 0.2) is 18.2 Å². The third kappa shape index (κ3) is 3.20. The summed E-state index contributed by atoms with van der Waals surface area (Å²) in [6.45, 7) is 2.55. The lowest BCUT2D eigenvalue weighted by atomic mass is 10.3. The van der Waals surface area contributed by atoms with Gasteiger partial charge in [0.2, 0.25) is 0 Å². The molecular weight excluding hydrogens is 333 g/mol. The highest BCUT2D eigenvalue weighted by Gasteiger charge is 2.25. The predicted octanol–water partition coefficient (Wildman–Crippen LogP) is 3.43. The van der Waals surface area contributed by atoms with Crippen molar-refractivity contribution in [1.82, 2.24) is 9.78 Å². The van der Waals surface area contributed by atoms with E-state index in [4.69, 9.17) is 27.9 Å². The number of nitrogens with zero attached hydrogens (tertiary/aromatic N) is 3. The SMILES string of the molecule is Cc1nn(C(=O)COc2ccc(Cl)cc2Cl)c(C)c1[N+](=O)[O-]. The van der Waals surface area contributed by atoms with Crippen molar-refractivity contribution in [2.45, 2.75) is 13.8 Å². The van der Waals surface area contributed by atoms with Gasteiger partial charge in [0.05, 0.1) is 9.95 Å². The second-order valence-corrected chi connectivity index (χ2v) is 5.29. The molecule has 0 fully saturated rings. The van der Waals surface area contributed by atoms with Gasteiger partial charge in [-0.25, -0.2) is 0 Å². The first-order valence-corrected chi connectivity index (χ1v) is 6.88. The first-order valence-electron chi connectivity index (χ1n) is 6.13.